The van der Waals surface area contributed by atoms with Crippen LogP contribution in [-0.2, 0) is 4.79 Å². The van der Waals surface area contributed by atoms with E-state index in [1.54, 1.807) is 11.3 Å². The third-order valence-electron chi connectivity index (χ3n) is 3.12. The highest BCUT2D eigenvalue weighted by molar-refractivity contribution is 7.10. The van der Waals surface area contributed by atoms with Gasteiger partial charge in [-0.3, -0.25) is 4.79 Å². The van der Waals surface area contributed by atoms with Crippen LogP contribution in [0.25, 0.3) is 0 Å². The van der Waals surface area contributed by atoms with Crippen molar-refractivity contribution in [3.05, 3.63) is 22.4 Å². The van der Waals surface area contributed by atoms with Crippen molar-refractivity contribution in [3.63, 3.8) is 0 Å². The Bertz CT molecular complexity index is 365. The largest absolute Gasteiger partial charge is 0.354 e. The number of nitrogens with zero attached hydrogens (tertiary/aromatic N) is 1. The average Bonchev–Trinajstić information content (AvgIpc) is 2.67. The summed E-state index contributed by atoms with van der Waals surface area (Å²) in [6.45, 7) is 2.32. The summed E-state index contributed by atoms with van der Waals surface area (Å²) in [7, 11) is 4.09. The van der Waals surface area contributed by atoms with Crippen LogP contribution in [0.3, 0.4) is 0 Å². The van der Waals surface area contributed by atoms with Gasteiger partial charge in [0.15, 0.2) is 0 Å². The highest BCUT2D eigenvalue weighted by atomic mass is 35.5. The Morgan fingerprint density at radius 2 is 2.33 bits per heavy atom. The molecule has 2 rings (SSSR count). The Morgan fingerprint density at radius 3 is 2.78 bits per heavy atom. The minimum atomic E-state index is 0. The summed E-state index contributed by atoms with van der Waals surface area (Å²) < 4.78 is 0. The molecule has 4 nitrogen and oxygen atoms in total. The number of halogens is 1. The van der Waals surface area contributed by atoms with Gasteiger partial charge in [0.05, 0.1) is 12.0 Å². The molecule has 1 aromatic rings. The monoisotopic (exact) mass is 289 g/mol. The van der Waals surface area contributed by atoms with E-state index in [1.165, 1.54) is 4.88 Å². The van der Waals surface area contributed by atoms with Crippen molar-refractivity contribution in [2.45, 2.75) is 6.04 Å². The second kappa shape index (κ2) is 7.09. The number of amides is 1. The Morgan fingerprint density at radius 1 is 1.61 bits per heavy atom. The highest BCUT2D eigenvalue weighted by Gasteiger charge is 2.25. The Hall–Kier alpha value is -0.620. The van der Waals surface area contributed by atoms with Gasteiger partial charge in [0.25, 0.3) is 0 Å². The maximum atomic E-state index is 11.8. The van der Waals surface area contributed by atoms with Crippen LogP contribution in [0.2, 0.25) is 0 Å². The average molecular weight is 290 g/mol. The zero-order valence-electron chi connectivity index (χ0n) is 10.7. The summed E-state index contributed by atoms with van der Waals surface area (Å²) in [4.78, 5) is 15.2. The summed E-state index contributed by atoms with van der Waals surface area (Å²) in [5.74, 6) is 0.341. The van der Waals surface area contributed by atoms with Gasteiger partial charge in [-0.2, -0.15) is 0 Å². The van der Waals surface area contributed by atoms with E-state index in [0.29, 0.717) is 6.54 Å². The Balaban J connectivity index is 0.00000162. The first kappa shape index (κ1) is 15.4. The predicted molar refractivity (Wildman–Crippen MR) is 77.4 cm³/mol. The van der Waals surface area contributed by atoms with Crippen LogP contribution < -0.4 is 10.6 Å². The van der Waals surface area contributed by atoms with Gasteiger partial charge in [-0.05, 0) is 25.5 Å². The summed E-state index contributed by atoms with van der Waals surface area (Å²) in [5, 5.41) is 8.22. The zero-order chi connectivity index (χ0) is 12.3. The summed E-state index contributed by atoms with van der Waals surface area (Å²) in [6, 6.07) is 4.44. The number of hydrogen-bond donors (Lipinski definition) is 2. The molecule has 1 unspecified atom stereocenters. The molecular formula is C12H20ClN3OS. The van der Waals surface area contributed by atoms with Crippen molar-refractivity contribution in [2.24, 2.45) is 5.92 Å². The van der Waals surface area contributed by atoms with Crippen LogP contribution in [0.1, 0.15) is 10.9 Å². The molecule has 6 heteroatoms. The van der Waals surface area contributed by atoms with E-state index >= 15 is 0 Å². The molecule has 0 spiro atoms. The van der Waals surface area contributed by atoms with Gasteiger partial charge in [0.1, 0.15) is 0 Å². The van der Waals surface area contributed by atoms with Gasteiger partial charge >= 0.3 is 0 Å². The van der Waals surface area contributed by atoms with E-state index in [-0.39, 0.29) is 30.3 Å². The van der Waals surface area contributed by atoms with E-state index in [9.17, 15) is 4.79 Å². The SMILES string of the molecule is CN(C)C(CNC(=O)C1CNC1)c1cccs1.Cl. The fourth-order valence-electron chi connectivity index (χ4n) is 1.83. The third kappa shape index (κ3) is 3.68. The molecule has 0 saturated carbocycles. The van der Waals surface area contributed by atoms with E-state index < -0.39 is 0 Å². The number of likely N-dealkylation sites (N-methyl/N-ethyl adjacent to an activating group) is 1. The molecule has 0 aliphatic carbocycles. The lowest BCUT2D eigenvalue weighted by Crippen LogP contribution is -2.51. The molecule has 1 aliphatic heterocycles. The van der Waals surface area contributed by atoms with Crippen LogP contribution >= 0.6 is 23.7 Å². The number of rotatable bonds is 5. The van der Waals surface area contributed by atoms with Crippen molar-refractivity contribution in [1.29, 1.82) is 0 Å². The van der Waals surface area contributed by atoms with Gasteiger partial charge in [0, 0.05) is 24.5 Å². The number of hydrogen-bond acceptors (Lipinski definition) is 4. The standard InChI is InChI=1S/C12H19N3OS.ClH/c1-15(2)10(11-4-3-5-17-11)8-14-12(16)9-6-13-7-9;/h3-5,9-10,13H,6-8H2,1-2H3,(H,14,16);1H. The zero-order valence-corrected chi connectivity index (χ0v) is 12.3. The van der Waals surface area contributed by atoms with Crippen LogP contribution in [-0.4, -0.2) is 44.5 Å². The molecule has 1 fully saturated rings. The highest BCUT2D eigenvalue weighted by Crippen LogP contribution is 2.22. The second-order valence-electron chi connectivity index (χ2n) is 4.60. The van der Waals surface area contributed by atoms with E-state index in [2.05, 4.69) is 27.0 Å². The maximum Gasteiger partial charge on any atom is 0.225 e. The van der Waals surface area contributed by atoms with Gasteiger partial charge in [-0.1, -0.05) is 6.07 Å². The van der Waals surface area contributed by atoms with Gasteiger partial charge in [-0.15, -0.1) is 23.7 Å². The normalized spacial score (nSPS) is 16.8. The van der Waals surface area contributed by atoms with Gasteiger partial charge < -0.3 is 15.5 Å². The predicted octanol–water partition coefficient (Wildman–Crippen LogP) is 1.11. The minimum Gasteiger partial charge on any atom is -0.354 e. The molecule has 1 aliphatic rings. The summed E-state index contributed by atoms with van der Waals surface area (Å²) in [6.07, 6.45) is 0. The molecule has 0 aromatic carbocycles. The lowest BCUT2D eigenvalue weighted by Gasteiger charge is -2.28. The van der Waals surface area contributed by atoms with Crippen molar-refractivity contribution in [3.8, 4) is 0 Å². The first-order valence-corrected chi connectivity index (χ1v) is 6.74. The van der Waals surface area contributed by atoms with Crippen LogP contribution in [0.4, 0.5) is 0 Å². The van der Waals surface area contributed by atoms with Gasteiger partial charge in [0.2, 0.25) is 5.91 Å². The molecular weight excluding hydrogens is 270 g/mol. The fraction of sp³-hybridized carbons (Fsp3) is 0.583. The third-order valence-corrected chi connectivity index (χ3v) is 4.09. The fourth-order valence-corrected chi connectivity index (χ4v) is 2.76. The minimum absolute atomic E-state index is 0. The summed E-state index contributed by atoms with van der Waals surface area (Å²) >= 11 is 1.73. The van der Waals surface area contributed by atoms with Crippen molar-refractivity contribution in [1.82, 2.24) is 15.5 Å². The second-order valence-corrected chi connectivity index (χ2v) is 5.57. The van der Waals surface area contributed by atoms with E-state index in [1.807, 2.05) is 20.2 Å². The molecule has 18 heavy (non-hydrogen) atoms. The van der Waals surface area contributed by atoms with Crippen LogP contribution in [0.5, 0.6) is 0 Å². The Kier molecular flexibility index (Phi) is 6.08. The number of carbonyl (C=O) groups excluding carboxylic acids is 1. The van der Waals surface area contributed by atoms with Crippen molar-refractivity contribution >= 4 is 29.7 Å². The molecule has 1 aromatic heterocycles. The van der Waals surface area contributed by atoms with Crippen LogP contribution in [0, 0.1) is 5.92 Å². The number of carbonyl (C=O) groups is 1. The first-order chi connectivity index (χ1) is 8.18. The molecule has 0 radical (unpaired) electrons. The molecule has 2 heterocycles. The van der Waals surface area contributed by atoms with Crippen LogP contribution in [0.15, 0.2) is 17.5 Å². The van der Waals surface area contributed by atoms with Crippen molar-refractivity contribution < 1.29 is 4.79 Å². The molecule has 1 saturated heterocycles. The molecule has 1 atom stereocenters. The molecule has 0 bridgehead atoms. The first-order valence-electron chi connectivity index (χ1n) is 5.86. The quantitative estimate of drug-likeness (QED) is 0.853. The number of thiophene rings is 1. The van der Waals surface area contributed by atoms with Crippen molar-refractivity contribution in [2.75, 3.05) is 33.7 Å². The number of nitrogens with one attached hydrogen (secondary N) is 2. The smallest absolute Gasteiger partial charge is 0.225 e. The maximum absolute atomic E-state index is 11.8. The molecule has 1 amide bonds. The summed E-state index contributed by atoms with van der Waals surface area (Å²) in [5.41, 5.74) is 0. The topological polar surface area (TPSA) is 44.4 Å². The lowest BCUT2D eigenvalue weighted by atomic mass is 10.0. The van der Waals surface area contributed by atoms with E-state index in [4.69, 9.17) is 0 Å². The molecule has 102 valence electrons. The molecule has 2 N–H and O–H groups in total. The lowest BCUT2D eigenvalue weighted by molar-refractivity contribution is -0.126. The Labute approximate surface area is 118 Å². The van der Waals surface area contributed by atoms with E-state index in [0.717, 1.165) is 13.1 Å². The van der Waals surface area contributed by atoms with Gasteiger partial charge in [-0.25, -0.2) is 0 Å².